The molecule has 1 aliphatic rings. The quantitative estimate of drug-likeness (QED) is 0.762. The minimum Gasteiger partial charge on any atom is -0.294 e. The zero-order chi connectivity index (χ0) is 14.5. The highest BCUT2D eigenvalue weighted by molar-refractivity contribution is 6.14. The molecule has 20 heavy (non-hydrogen) atoms. The number of Topliss-reactive ketones (excluding diaryl/α,β-unsaturated/α-hetero) is 2. The molecule has 0 spiro atoms. The molecule has 0 amide bonds. The summed E-state index contributed by atoms with van der Waals surface area (Å²) in [7, 11) is 0. The smallest absolute Gasteiger partial charge is 0.164 e. The molecule has 1 aromatic rings. The SMILES string of the molecule is CCCCc1cc2c(cc1CCCC)C(=O)CCC2=O. The van der Waals surface area contributed by atoms with E-state index in [1.807, 2.05) is 12.1 Å². The van der Waals surface area contributed by atoms with Crippen LogP contribution in [0.3, 0.4) is 0 Å². The molecule has 2 heteroatoms. The van der Waals surface area contributed by atoms with Crippen molar-refractivity contribution in [1.82, 2.24) is 0 Å². The van der Waals surface area contributed by atoms with Crippen LogP contribution in [0.5, 0.6) is 0 Å². The summed E-state index contributed by atoms with van der Waals surface area (Å²) in [5, 5.41) is 0. The molecule has 1 aromatic carbocycles. The van der Waals surface area contributed by atoms with Crippen molar-refractivity contribution in [2.45, 2.75) is 65.2 Å². The lowest BCUT2D eigenvalue weighted by Crippen LogP contribution is -2.18. The number of fused-ring (bicyclic) bond motifs is 1. The first kappa shape index (κ1) is 15.0. The van der Waals surface area contributed by atoms with Gasteiger partial charge in [0.05, 0.1) is 0 Å². The summed E-state index contributed by atoms with van der Waals surface area (Å²) in [6.45, 7) is 4.36. The lowest BCUT2D eigenvalue weighted by Gasteiger charge is -2.18. The zero-order valence-corrected chi connectivity index (χ0v) is 12.6. The Bertz CT molecular complexity index is 467. The average molecular weight is 272 g/mol. The molecule has 0 saturated carbocycles. The van der Waals surface area contributed by atoms with E-state index in [2.05, 4.69) is 13.8 Å². The summed E-state index contributed by atoms with van der Waals surface area (Å²) >= 11 is 0. The minimum atomic E-state index is 0.138. The van der Waals surface area contributed by atoms with Crippen LogP contribution in [0, 0.1) is 0 Å². The van der Waals surface area contributed by atoms with Gasteiger partial charge in [-0.15, -0.1) is 0 Å². The summed E-state index contributed by atoms with van der Waals surface area (Å²) in [6, 6.07) is 4.02. The summed E-state index contributed by atoms with van der Waals surface area (Å²) in [6.07, 6.45) is 7.38. The van der Waals surface area contributed by atoms with Crippen LogP contribution in [-0.4, -0.2) is 11.6 Å². The van der Waals surface area contributed by atoms with E-state index in [9.17, 15) is 9.59 Å². The summed E-state index contributed by atoms with van der Waals surface area (Å²) in [5.41, 5.74) is 3.91. The van der Waals surface area contributed by atoms with Crippen molar-refractivity contribution in [3.8, 4) is 0 Å². The van der Waals surface area contributed by atoms with Crippen molar-refractivity contribution in [3.05, 3.63) is 34.4 Å². The standard InChI is InChI=1S/C18H24O2/c1-3-5-7-13-11-15-16(12-14(13)8-6-4-2)18(20)10-9-17(15)19/h11-12H,3-10H2,1-2H3. The maximum absolute atomic E-state index is 12.0. The molecule has 1 aliphatic carbocycles. The van der Waals surface area contributed by atoms with Gasteiger partial charge in [0.15, 0.2) is 11.6 Å². The van der Waals surface area contributed by atoms with Gasteiger partial charge in [0.1, 0.15) is 0 Å². The van der Waals surface area contributed by atoms with E-state index in [4.69, 9.17) is 0 Å². The number of ketones is 2. The largest absolute Gasteiger partial charge is 0.294 e. The van der Waals surface area contributed by atoms with Crippen LogP contribution in [-0.2, 0) is 12.8 Å². The highest BCUT2D eigenvalue weighted by Crippen LogP contribution is 2.27. The van der Waals surface area contributed by atoms with Crippen molar-refractivity contribution in [2.24, 2.45) is 0 Å². The van der Waals surface area contributed by atoms with Gasteiger partial charge < -0.3 is 0 Å². The number of rotatable bonds is 6. The zero-order valence-electron chi connectivity index (χ0n) is 12.6. The first-order valence-corrected chi connectivity index (χ1v) is 7.89. The fourth-order valence-corrected chi connectivity index (χ4v) is 2.85. The number of carbonyl (C=O) groups is 2. The van der Waals surface area contributed by atoms with Crippen LogP contribution in [0.25, 0.3) is 0 Å². The predicted molar refractivity (Wildman–Crippen MR) is 81.6 cm³/mol. The highest BCUT2D eigenvalue weighted by Gasteiger charge is 2.25. The van der Waals surface area contributed by atoms with Gasteiger partial charge in [0.2, 0.25) is 0 Å². The third-order valence-electron chi connectivity index (χ3n) is 4.12. The second-order valence-corrected chi connectivity index (χ2v) is 5.72. The van der Waals surface area contributed by atoms with Crippen LogP contribution >= 0.6 is 0 Å². The van der Waals surface area contributed by atoms with Gasteiger partial charge in [-0.25, -0.2) is 0 Å². The Morgan fingerprint density at radius 1 is 0.800 bits per heavy atom. The molecule has 0 aliphatic heterocycles. The molecule has 0 heterocycles. The van der Waals surface area contributed by atoms with Crippen LogP contribution in [0.2, 0.25) is 0 Å². The Morgan fingerprint density at radius 2 is 1.20 bits per heavy atom. The number of hydrogen-bond acceptors (Lipinski definition) is 2. The molecule has 2 nitrogen and oxygen atoms in total. The first-order chi connectivity index (χ1) is 9.67. The van der Waals surface area contributed by atoms with E-state index in [1.54, 1.807) is 0 Å². The fraction of sp³-hybridized carbons (Fsp3) is 0.556. The van der Waals surface area contributed by atoms with Gasteiger partial charge in [-0.2, -0.15) is 0 Å². The second kappa shape index (κ2) is 6.83. The second-order valence-electron chi connectivity index (χ2n) is 5.72. The number of unbranched alkanes of at least 4 members (excludes halogenated alkanes) is 2. The van der Waals surface area contributed by atoms with E-state index >= 15 is 0 Å². The third kappa shape index (κ3) is 3.17. The maximum atomic E-state index is 12.0. The topological polar surface area (TPSA) is 34.1 Å². The Labute approximate surface area is 121 Å². The molecular weight excluding hydrogens is 248 g/mol. The lowest BCUT2D eigenvalue weighted by atomic mass is 9.84. The van der Waals surface area contributed by atoms with Gasteiger partial charge in [0.25, 0.3) is 0 Å². The molecule has 0 atom stereocenters. The van der Waals surface area contributed by atoms with E-state index in [0.29, 0.717) is 24.0 Å². The summed E-state index contributed by atoms with van der Waals surface area (Å²) < 4.78 is 0. The van der Waals surface area contributed by atoms with Crippen LogP contribution in [0.15, 0.2) is 12.1 Å². The van der Waals surface area contributed by atoms with E-state index < -0.39 is 0 Å². The summed E-state index contributed by atoms with van der Waals surface area (Å²) in [5.74, 6) is 0.277. The van der Waals surface area contributed by atoms with Gasteiger partial charge in [-0.1, -0.05) is 26.7 Å². The Kier molecular flexibility index (Phi) is 5.11. The number of benzene rings is 1. The third-order valence-corrected chi connectivity index (χ3v) is 4.12. The van der Waals surface area contributed by atoms with Gasteiger partial charge in [-0.3, -0.25) is 9.59 Å². The Balaban J connectivity index is 2.40. The van der Waals surface area contributed by atoms with Crippen LogP contribution < -0.4 is 0 Å². The number of carbonyl (C=O) groups excluding carboxylic acids is 2. The van der Waals surface area contributed by atoms with Gasteiger partial charge >= 0.3 is 0 Å². The van der Waals surface area contributed by atoms with E-state index in [-0.39, 0.29) is 11.6 Å². The van der Waals surface area contributed by atoms with Crippen molar-refractivity contribution in [2.75, 3.05) is 0 Å². The lowest BCUT2D eigenvalue weighted by molar-refractivity contribution is 0.0890. The van der Waals surface area contributed by atoms with Crippen LogP contribution in [0.1, 0.15) is 84.2 Å². The highest BCUT2D eigenvalue weighted by atomic mass is 16.1. The molecule has 0 radical (unpaired) electrons. The number of hydrogen-bond donors (Lipinski definition) is 0. The molecule has 108 valence electrons. The molecule has 2 rings (SSSR count). The molecule has 0 bridgehead atoms. The van der Waals surface area contributed by atoms with Crippen molar-refractivity contribution < 1.29 is 9.59 Å². The molecule has 0 aromatic heterocycles. The molecular formula is C18H24O2. The first-order valence-electron chi connectivity index (χ1n) is 7.89. The van der Waals surface area contributed by atoms with E-state index in [0.717, 1.165) is 38.5 Å². The molecule has 0 saturated heterocycles. The monoisotopic (exact) mass is 272 g/mol. The molecule has 0 N–H and O–H groups in total. The normalized spacial score (nSPS) is 14.5. The predicted octanol–water partition coefficient (Wildman–Crippen LogP) is 4.53. The van der Waals surface area contributed by atoms with Crippen molar-refractivity contribution >= 4 is 11.6 Å². The van der Waals surface area contributed by atoms with Crippen molar-refractivity contribution in [3.63, 3.8) is 0 Å². The molecule has 0 fully saturated rings. The van der Waals surface area contributed by atoms with Crippen molar-refractivity contribution in [1.29, 1.82) is 0 Å². The Hall–Kier alpha value is -1.44. The number of aryl methyl sites for hydroxylation is 2. The summed E-state index contributed by atoms with van der Waals surface area (Å²) in [4.78, 5) is 24.1. The maximum Gasteiger partial charge on any atom is 0.164 e. The minimum absolute atomic E-state index is 0.138. The van der Waals surface area contributed by atoms with Gasteiger partial charge in [0, 0.05) is 24.0 Å². The van der Waals surface area contributed by atoms with Gasteiger partial charge in [-0.05, 0) is 48.9 Å². The fourth-order valence-electron chi connectivity index (χ4n) is 2.85. The van der Waals surface area contributed by atoms with Crippen LogP contribution in [0.4, 0.5) is 0 Å². The molecule has 0 unspecified atom stereocenters. The van der Waals surface area contributed by atoms with E-state index in [1.165, 1.54) is 11.1 Å². The Morgan fingerprint density at radius 3 is 1.55 bits per heavy atom. The average Bonchev–Trinajstić information content (AvgIpc) is 2.46.